The average molecular weight is 314 g/mol. The number of benzene rings is 2. The third kappa shape index (κ3) is 4.34. The van der Waals surface area contributed by atoms with E-state index in [-0.39, 0.29) is 16.6 Å². The quantitative estimate of drug-likeness (QED) is 0.648. The third-order valence-corrected chi connectivity index (χ3v) is 4.87. The van der Waals surface area contributed by atoms with Gasteiger partial charge in [-0.05, 0) is 59.1 Å². The largest absolute Gasteiger partial charge is 0.497 e. The van der Waals surface area contributed by atoms with Crippen molar-refractivity contribution < 1.29 is 9.13 Å². The van der Waals surface area contributed by atoms with Crippen LogP contribution in [0.5, 0.6) is 5.75 Å². The van der Waals surface area contributed by atoms with Crippen LogP contribution in [0.1, 0.15) is 51.7 Å². The van der Waals surface area contributed by atoms with Crippen molar-refractivity contribution in [1.82, 2.24) is 0 Å². The Hall–Kier alpha value is -1.83. The van der Waals surface area contributed by atoms with E-state index < -0.39 is 0 Å². The van der Waals surface area contributed by atoms with Crippen molar-refractivity contribution in [3.63, 3.8) is 0 Å². The minimum Gasteiger partial charge on any atom is -0.497 e. The number of hydrogen-bond donors (Lipinski definition) is 0. The molecule has 0 saturated heterocycles. The molecule has 0 heterocycles. The monoisotopic (exact) mass is 314 g/mol. The molecule has 2 aromatic carbocycles. The summed E-state index contributed by atoms with van der Waals surface area (Å²) in [5.74, 6) is 0.708. The van der Waals surface area contributed by atoms with Gasteiger partial charge in [0.2, 0.25) is 0 Å². The number of hydrogen-bond acceptors (Lipinski definition) is 1. The molecule has 0 bridgehead atoms. The van der Waals surface area contributed by atoms with E-state index in [0.717, 1.165) is 18.6 Å². The summed E-state index contributed by atoms with van der Waals surface area (Å²) in [6, 6.07) is 15.2. The summed E-state index contributed by atoms with van der Waals surface area (Å²) in [7, 11) is 1.69. The molecule has 0 aliphatic carbocycles. The van der Waals surface area contributed by atoms with Crippen LogP contribution in [0.15, 0.2) is 48.5 Å². The minimum atomic E-state index is -0.178. The summed E-state index contributed by atoms with van der Waals surface area (Å²) >= 11 is 0. The van der Waals surface area contributed by atoms with E-state index in [9.17, 15) is 4.39 Å². The highest BCUT2D eigenvalue weighted by Crippen LogP contribution is 2.36. The SMILES string of the molecule is COc1ccc(C(C)(C)CCC(C)(C)c2ccc(F)cc2)cc1. The fourth-order valence-corrected chi connectivity index (χ4v) is 2.86. The molecular weight excluding hydrogens is 287 g/mol. The zero-order valence-electron chi connectivity index (χ0n) is 14.8. The Balaban J connectivity index is 2.08. The fraction of sp³-hybridized carbons (Fsp3) is 0.429. The predicted octanol–water partition coefficient (Wildman–Crippen LogP) is 5.87. The van der Waals surface area contributed by atoms with Gasteiger partial charge in [-0.2, -0.15) is 0 Å². The lowest BCUT2D eigenvalue weighted by Gasteiger charge is -2.32. The van der Waals surface area contributed by atoms with E-state index in [1.54, 1.807) is 19.2 Å². The van der Waals surface area contributed by atoms with Gasteiger partial charge in [0.25, 0.3) is 0 Å². The molecule has 2 rings (SSSR count). The highest BCUT2D eigenvalue weighted by Gasteiger charge is 2.27. The standard InChI is InChI=1S/C21H27FO/c1-20(2,16-6-10-18(22)11-7-16)14-15-21(3,4)17-8-12-19(23-5)13-9-17/h6-13H,14-15H2,1-5H3. The highest BCUT2D eigenvalue weighted by molar-refractivity contribution is 5.32. The molecule has 0 unspecified atom stereocenters. The van der Waals surface area contributed by atoms with Crippen LogP contribution in [0.3, 0.4) is 0 Å². The van der Waals surface area contributed by atoms with E-state index in [2.05, 4.69) is 39.8 Å². The van der Waals surface area contributed by atoms with Gasteiger partial charge in [-0.3, -0.25) is 0 Å². The molecule has 0 spiro atoms. The van der Waals surface area contributed by atoms with Crippen LogP contribution < -0.4 is 4.74 Å². The number of ether oxygens (including phenoxy) is 1. The maximum atomic E-state index is 13.1. The predicted molar refractivity (Wildman–Crippen MR) is 94.7 cm³/mol. The molecule has 0 saturated carbocycles. The van der Waals surface area contributed by atoms with Gasteiger partial charge in [-0.15, -0.1) is 0 Å². The molecule has 0 N–H and O–H groups in total. The summed E-state index contributed by atoms with van der Waals surface area (Å²) in [5.41, 5.74) is 2.61. The molecule has 124 valence electrons. The third-order valence-electron chi connectivity index (χ3n) is 4.87. The summed E-state index contributed by atoms with van der Waals surface area (Å²) in [6.45, 7) is 9.00. The second kappa shape index (κ2) is 6.74. The normalized spacial score (nSPS) is 12.3. The molecule has 0 aliphatic rings. The van der Waals surface area contributed by atoms with Crippen molar-refractivity contribution in [3.8, 4) is 5.75 Å². The van der Waals surface area contributed by atoms with Gasteiger partial charge in [0.05, 0.1) is 7.11 Å². The van der Waals surface area contributed by atoms with E-state index >= 15 is 0 Å². The first-order valence-corrected chi connectivity index (χ1v) is 8.15. The fourth-order valence-electron chi connectivity index (χ4n) is 2.86. The minimum absolute atomic E-state index is 0.0252. The summed E-state index contributed by atoms with van der Waals surface area (Å²) in [5, 5.41) is 0. The van der Waals surface area contributed by atoms with Crippen molar-refractivity contribution in [1.29, 1.82) is 0 Å². The Morgan fingerprint density at radius 1 is 0.739 bits per heavy atom. The first kappa shape index (κ1) is 17.5. The number of halogens is 1. The van der Waals surface area contributed by atoms with Crippen molar-refractivity contribution in [2.24, 2.45) is 0 Å². The first-order valence-electron chi connectivity index (χ1n) is 8.15. The van der Waals surface area contributed by atoms with Crippen molar-refractivity contribution >= 4 is 0 Å². The van der Waals surface area contributed by atoms with Crippen LogP contribution in [0.25, 0.3) is 0 Å². The van der Waals surface area contributed by atoms with Gasteiger partial charge in [0, 0.05) is 0 Å². The molecular formula is C21H27FO. The van der Waals surface area contributed by atoms with Crippen molar-refractivity contribution in [2.75, 3.05) is 7.11 Å². The van der Waals surface area contributed by atoms with Gasteiger partial charge in [0.1, 0.15) is 11.6 Å². The van der Waals surface area contributed by atoms with Crippen LogP contribution in [0, 0.1) is 5.82 Å². The Labute approximate surface area is 139 Å². The van der Waals surface area contributed by atoms with E-state index in [0.29, 0.717) is 0 Å². The lowest BCUT2D eigenvalue weighted by Crippen LogP contribution is -2.24. The average Bonchev–Trinajstić information content (AvgIpc) is 2.54. The van der Waals surface area contributed by atoms with E-state index in [4.69, 9.17) is 4.74 Å². The highest BCUT2D eigenvalue weighted by atomic mass is 19.1. The van der Waals surface area contributed by atoms with Crippen LogP contribution in [0.2, 0.25) is 0 Å². The topological polar surface area (TPSA) is 9.23 Å². The lowest BCUT2D eigenvalue weighted by molar-refractivity contribution is 0.373. The zero-order valence-corrected chi connectivity index (χ0v) is 14.8. The summed E-state index contributed by atoms with van der Waals surface area (Å²) in [6.07, 6.45) is 2.10. The zero-order chi connectivity index (χ0) is 17.1. The van der Waals surface area contributed by atoms with Crippen LogP contribution in [-0.2, 0) is 10.8 Å². The van der Waals surface area contributed by atoms with Gasteiger partial charge >= 0.3 is 0 Å². The molecule has 23 heavy (non-hydrogen) atoms. The van der Waals surface area contributed by atoms with Gasteiger partial charge in [-0.25, -0.2) is 4.39 Å². The van der Waals surface area contributed by atoms with Gasteiger partial charge < -0.3 is 4.74 Å². The van der Waals surface area contributed by atoms with Crippen LogP contribution in [-0.4, -0.2) is 7.11 Å². The number of rotatable bonds is 6. The summed E-state index contributed by atoms with van der Waals surface area (Å²) in [4.78, 5) is 0. The second-order valence-corrected chi connectivity index (χ2v) is 7.50. The molecule has 0 aliphatic heterocycles. The van der Waals surface area contributed by atoms with Crippen LogP contribution >= 0.6 is 0 Å². The van der Waals surface area contributed by atoms with Crippen molar-refractivity contribution in [2.45, 2.75) is 51.4 Å². The summed E-state index contributed by atoms with van der Waals surface area (Å²) < 4.78 is 18.4. The molecule has 2 aromatic rings. The first-order chi connectivity index (χ1) is 10.7. The van der Waals surface area contributed by atoms with Gasteiger partial charge in [0.15, 0.2) is 0 Å². The van der Waals surface area contributed by atoms with E-state index in [1.807, 2.05) is 24.3 Å². The second-order valence-electron chi connectivity index (χ2n) is 7.50. The van der Waals surface area contributed by atoms with Gasteiger partial charge in [-0.1, -0.05) is 52.0 Å². The molecule has 1 nitrogen and oxygen atoms in total. The molecule has 0 fully saturated rings. The number of methoxy groups -OCH3 is 1. The van der Waals surface area contributed by atoms with E-state index in [1.165, 1.54) is 11.1 Å². The molecule has 0 aromatic heterocycles. The molecule has 0 atom stereocenters. The lowest BCUT2D eigenvalue weighted by atomic mass is 9.73. The molecule has 0 radical (unpaired) electrons. The maximum Gasteiger partial charge on any atom is 0.123 e. The Bertz CT molecular complexity index is 624. The maximum absolute atomic E-state index is 13.1. The smallest absolute Gasteiger partial charge is 0.123 e. The van der Waals surface area contributed by atoms with Crippen LogP contribution in [0.4, 0.5) is 4.39 Å². The Kier molecular flexibility index (Phi) is 5.13. The Morgan fingerprint density at radius 2 is 1.13 bits per heavy atom. The Morgan fingerprint density at radius 3 is 1.52 bits per heavy atom. The molecule has 0 amide bonds. The molecule has 2 heteroatoms. The van der Waals surface area contributed by atoms with Crippen molar-refractivity contribution in [3.05, 3.63) is 65.5 Å².